The first-order valence-electron chi connectivity index (χ1n) is 7.12. The van der Waals surface area contributed by atoms with E-state index in [-0.39, 0.29) is 0 Å². The third kappa shape index (κ3) is 2.42. The topological polar surface area (TPSA) is 63.8 Å². The van der Waals surface area contributed by atoms with Gasteiger partial charge in [-0.15, -0.1) is 0 Å². The summed E-state index contributed by atoms with van der Waals surface area (Å²) in [4.78, 5) is 8.40. The molecule has 0 bridgehead atoms. The molecule has 1 aromatic heterocycles. The van der Waals surface area contributed by atoms with Gasteiger partial charge in [-0.2, -0.15) is 0 Å². The lowest BCUT2D eigenvalue weighted by atomic mass is 9.98. The van der Waals surface area contributed by atoms with E-state index in [2.05, 4.69) is 22.2 Å². The number of rotatable bonds is 6. The second-order valence-electron chi connectivity index (χ2n) is 5.66. The van der Waals surface area contributed by atoms with Crippen molar-refractivity contribution in [3.63, 3.8) is 0 Å². The quantitative estimate of drug-likeness (QED) is 0.809. The van der Waals surface area contributed by atoms with Gasteiger partial charge in [-0.1, -0.05) is 6.92 Å². The number of nitrogens with one attached hydrogen (secondary N) is 1. The van der Waals surface area contributed by atoms with Crippen LogP contribution in [0.2, 0.25) is 0 Å². The zero-order valence-corrected chi connectivity index (χ0v) is 11.0. The highest BCUT2D eigenvalue weighted by atomic mass is 15.0. The monoisotopic (exact) mass is 246 g/mol. The lowest BCUT2D eigenvalue weighted by Crippen LogP contribution is -2.20. The van der Waals surface area contributed by atoms with Crippen LogP contribution in [-0.2, 0) is 6.42 Å². The Morgan fingerprint density at radius 3 is 2.50 bits per heavy atom. The standard InChI is InChI=1S/C14H22N4/c1-2-11-13(15)17-8-18-14(11)16-7-12(9-3-4-9)10-5-6-10/h8-10,12H,2-7H2,1H3,(H3,15,16,17,18). The van der Waals surface area contributed by atoms with Gasteiger partial charge in [0.05, 0.1) is 0 Å². The molecule has 0 atom stereocenters. The molecule has 0 saturated heterocycles. The largest absolute Gasteiger partial charge is 0.383 e. The van der Waals surface area contributed by atoms with Crippen LogP contribution >= 0.6 is 0 Å². The second kappa shape index (κ2) is 4.75. The first kappa shape index (κ1) is 11.8. The Kier molecular flexibility index (Phi) is 3.10. The Balaban J connectivity index is 1.66. The van der Waals surface area contributed by atoms with Crippen LogP contribution in [0.3, 0.4) is 0 Å². The van der Waals surface area contributed by atoms with Crippen molar-refractivity contribution in [2.24, 2.45) is 17.8 Å². The van der Waals surface area contributed by atoms with Crippen LogP contribution in [-0.4, -0.2) is 16.5 Å². The fourth-order valence-electron chi connectivity index (χ4n) is 2.91. The van der Waals surface area contributed by atoms with Crippen molar-refractivity contribution in [1.82, 2.24) is 9.97 Å². The highest BCUT2D eigenvalue weighted by molar-refractivity contribution is 5.54. The minimum absolute atomic E-state index is 0.615. The molecule has 2 aliphatic rings. The molecular weight excluding hydrogens is 224 g/mol. The van der Waals surface area contributed by atoms with Gasteiger partial charge in [0.1, 0.15) is 18.0 Å². The lowest BCUT2D eigenvalue weighted by molar-refractivity contribution is 0.427. The van der Waals surface area contributed by atoms with Crippen LogP contribution in [0.1, 0.15) is 38.2 Å². The minimum Gasteiger partial charge on any atom is -0.383 e. The van der Waals surface area contributed by atoms with Gasteiger partial charge in [-0.05, 0) is 49.9 Å². The number of aromatic nitrogens is 2. The van der Waals surface area contributed by atoms with E-state index in [0.717, 1.165) is 42.1 Å². The van der Waals surface area contributed by atoms with Crippen LogP contribution in [0.4, 0.5) is 11.6 Å². The van der Waals surface area contributed by atoms with E-state index >= 15 is 0 Å². The Morgan fingerprint density at radius 1 is 1.28 bits per heavy atom. The molecule has 3 rings (SSSR count). The average molecular weight is 246 g/mol. The van der Waals surface area contributed by atoms with Crippen LogP contribution < -0.4 is 11.1 Å². The molecule has 2 fully saturated rings. The van der Waals surface area contributed by atoms with Crippen molar-refractivity contribution in [3.05, 3.63) is 11.9 Å². The summed E-state index contributed by atoms with van der Waals surface area (Å²) < 4.78 is 0. The van der Waals surface area contributed by atoms with E-state index in [0.29, 0.717) is 5.82 Å². The fourth-order valence-corrected chi connectivity index (χ4v) is 2.91. The SMILES string of the molecule is CCc1c(N)ncnc1NCC(C1CC1)C1CC1. The van der Waals surface area contributed by atoms with Gasteiger partial charge in [-0.25, -0.2) is 9.97 Å². The zero-order chi connectivity index (χ0) is 12.5. The van der Waals surface area contributed by atoms with Crippen LogP contribution in [0.15, 0.2) is 6.33 Å². The van der Waals surface area contributed by atoms with Crippen molar-refractivity contribution in [2.75, 3.05) is 17.6 Å². The molecule has 0 amide bonds. The minimum atomic E-state index is 0.615. The van der Waals surface area contributed by atoms with E-state index in [1.54, 1.807) is 6.33 Å². The molecule has 4 heteroatoms. The number of nitrogens with zero attached hydrogens (tertiary/aromatic N) is 2. The molecule has 0 aromatic carbocycles. The maximum absolute atomic E-state index is 5.89. The van der Waals surface area contributed by atoms with E-state index in [9.17, 15) is 0 Å². The van der Waals surface area contributed by atoms with Gasteiger partial charge >= 0.3 is 0 Å². The first-order chi connectivity index (χ1) is 8.79. The number of anilines is 2. The molecular formula is C14H22N4. The summed E-state index contributed by atoms with van der Waals surface area (Å²) in [7, 11) is 0. The molecule has 0 radical (unpaired) electrons. The third-order valence-electron chi connectivity index (χ3n) is 4.29. The maximum atomic E-state index is 5.89. The van der Waals surface area contributed by atoms with E-state index < -0.39 is 0 Å². The van der Waals surface area contributed by atoms with E-state index in [1.807, 2.05) is 0 Å². The maximum Gasteiger partial charge on any atom is 0.134 e. The molecule has 1 heterocycles. The third-order valence-corrected chi connectivity index (χ3v) is 4.29. The highest BCUT2D eigenvalue weighted by Gasteiger charge is 2.41. The van der Waals surface area contributed by atoms with E-state index in [4.69, 9.17) is 5.73 Å². The number of nitrogens with two attached hydrogens (primary N) is 1. The van der Waals surface area contributed by atoms with Crippen molar-refractivity contribution in [2.45, 2.75) is 39.0 Å². The van der Waals surface area contributed by atoms with Gasteiger partial charge < -0.3 is 11.1 Å². The zero-order valence-electron chi connectivity index (χ0n) is 11.0. The molecule has 0 spiro atoms. The van der Waals surface area contributed by atoms with Gasteiger partial charge in [0.15, 0.2) is 0 Å². The lowest BCUT2D eigenvalue weighted by Gasteiger charge is -2.18. The fraction of sp³-hybridized carbons (Fsp3) is 0.714. The van der Waals surface area contributed by atoms with Gasteiger partial charge in [-0.3, -0.25) is 0 Å². The Bertz CT molecular complexity index is 412. The molecule has 0 aliphatic heterocycles. The Hall–Kier alpha value is -1.32. The molecule has 4 nitrogen and oxygen atoms in total. The summed E-state index contributed by atoms with van der Waals surface area (Å²) in [5.41, 5.74) is 6.95. The molecule has 2 saturated carbocycles. The van der Waals surface area contributed by atoms with Crippen molar-refractivity contribution >= 4 is 11.6 Å². The van der Waals surface area contributed by atoms with Crippen molar-refractivity contribution in [3.8, 4) is 0 Å². The van der Waals surface area contributed by atoms with Crippen LogP contribution in [0.5, 0.6) is 0 Å². The van der Waals surface area contributed by atoms with Crippen molar-refractivity contribution in [1.29, 1.82) is 0 Å². The molecule has 3 N–H and O–H groups in total. The number of hydrogen-bond donors (Lipinski definition) is 2. The summed E-state index contributed by atoms with van der Waals surface area (Å²) in [6.45, 7) is 3.15. The molecule has 2 aliphatic carbocycles. The van der Waals surface area contributed by atoms with Gasteiger partial charge in [0.2, 0.25) is 0 Å². The number of nitrogen functional groups attached to an aromatic ring is 1. The van der Waals surface area contributed by atoms with E-state index in [1.165, 1.54) is 25.7 Å². The highest BCUT2D eigenvalue weighted by Crippen LogP contribution is 2.49. The van der Waals surface area contributed by atoms with Crippen LogP contribution in [0.25, 0.3) is 0 Å². The first-order valence-corrected chi connectivity index (χ1v) is 7.12. The number of hydrogen-bond acceptors (Lipinski definition) is 4. The Labute approximate surface area is 108 Å². The van der Waals surface area contributed by atoms with Crippen molar-refractivity contribution < 1.29 is 0 Å². The molecule has 0 unspecified atom stereocenters. The predicted octanol–water partition coefficient (Wildman–Crippen LogP) is 2.47. The van der Waals surface area contributed by atoms with Gasteiger partial charge in [0.25, 0.3) is 0 Å². The average Bonchev–Trinajstić information content (AvgIpc) is 3.24. The summed E-state index contributed by atoms with van der Waals surface area (Å²) >= 11 is 0. The summed E-state index contributed by atoms with van der Waals surface area (Å²) in [6, 6.07) is 0. The Morgan fingerprint density at radius 2 is 1.94 bits per heavy atom. The summed E-state index contributed by atoms with van der Waals surface area (Å²) in [6.07, 6.45) is 8.14. The second-order valence-corrected chi connectivity index (χ2v) is 5.66. The van der Waals surface area contributed by atoms with Crippen LogP contribution in [0, 0.1) is 17.8 Å². The summed E-state index contributed by atoms with van der Waals surface area (Å²) in [5, 5.41) is 3.52. The molecule has 18 heavy (non-hydrogen) atoms. The smallest absolute Gasteiger partial charge is 0.134 e. The molecule has 1 aromatic rings. The summed E-state index contributed by atoms with van der Waals surface area (Å²) in [5.74, 6) is 4.34. The molecule has 98 valence electrons. The predicted molar refractivity (Wildman–Crippen MR) is 73.3 cm³/mol. The normalized spacial score (nSPS) is 19.2. The van der Waals surface area contributed by atoms with Gasteiger partial charge in [0, 0.05) is 12.1 Å².